The number of aromatic nitrogens is 2. The predicted octanol–water partition coefficient (Wildman–Crippen LogP) is 8.67. The number of thioether (sulfide) groups is 1. The lowest BCUT2D eigenvalue weighted by atomic mass is 9.87. The van der Waals surface area contributed by atoms with Crippen molar-refractivity contribution in [1.82, 2.24) is 9.55 Å². The van der Waals surface area contributed by atoms with Crippen LogP contribution in [0.5, 0.6) is 5.75 Å². The van der Waals surface area contributed by atoms with E-state index in [1.165, 1.54) is 15.8 Å². The van der Waals surface area contributed by atoms with Gasteiger partial charge in [-0.1, -0.05) is 61.0 Å². The normalized spacial score (nSPS) is 14.7. The second-order valence-corrected chi connectivity index (χ2v) is 13.5. The minimum absolute atomic E-state index is 0.328. The van der Waals surface area contributed by atoms with Crippen molar-refractivity contribution in [2.24, 2.45) is 5.41 Å². The van der Waals surface area contributed by atoms with Gasteiger partial charge in [-0.25, -0.2) is 0 Å². The molecule has 3 heterocycles. The summed E-state index contributed by atoms with van der Waals surface area (Å²) in [6.07, 6.45) is 3.13. The lowest BCUT2D eigenvalue weighted by Crippen LogP contribution is -2.28. The molecule has 7 heteroatoms. The van der Waals surface area contributed by atoms with E-state index < -0.39 is 11.4 Å². The molecule has 214 valence electrons. The maximum absolute atomic E-state index is 12.2. The molecule has 42 heavy (non-hydrogen) atoms. The zero-order chi connectivity index (χ0) is 29.4. The molecule has 1 atom stereocenters. The molecular formula is C35H33ClN2O3S. The first-order chi connectivity index (χ1) is 20.2. The number of aliphatic carboxylic acids is 1. The highest BCUT2D eigenvalue weighted by atomic mass is 35.5. The predicted molar refractivity (Wildman–Crippen MR) is 171 cm³/mol. The number of pyridine rings is 1. The van der Waals surface area contributed by atoms with Gasteiger partial charge in [0.05, 0.1) is 16.6 Å². The topological polar surface area (TPSA) is 64.3 Å². The van der Waals surface area contributed by atoms with E-state index in [1.807, 2.05) is 66.5 Å². The molecule has 0 fully saturated rings. The molecule has 6 rings (SSSR count). The van der Waals surface area contributed by atoms with Crippen molar-refractivity contribution in [3.63, 3.8) is 0 Å². The molecule has 0 amide bonds. The van der Waals surface area contributed by atoms with Gasteiger partial charge in [0.2, 0.25) is 0 Å². The molecule has 0 aliphatic carbocycles. The number of carboxylic acids is 1. The molecule has 0 saturated carbocycles. The highest BCUT2D eigenvalue weighted by molar-refractivity contribution is 8.00. The van der Waals surface area contributed by atoms with Gasteiger partial charge in [0, 0.05) is 56.5 Å². The van der Waals surface area contributed by atoms with Crippen LogP contribution in [-0.2, 0) is 30.8 Å². The van der Waals surface area contributed by atoms with Crippen molar-refractivity contribution in [1.29, 1.82) is 0 Å². The van der Waals surface area contributed by atoms with E-state index in [1.54, 1.807) is 13.8 Å². The second-order valence-electron chi connectivity index (χ2n) is 11.6. The fraction of sp³-hybridized carbons (Fsp3) is 0.257. The summed E-state index contributed by atoms with van der Waals surface area (Å²) < 4.78 is 8.81. The Morgan fingerprint density at radius 2 is 1.83 bits per heavy atom. The molecule has 1 aliphatic heterocycles. The number of halogens is 1. The van der Waals surface area contributed by atoms with Crippen molar-refractivity contribution in [3.05, 3.63) is 112 Å². The van der Waals surface area contributed by atoms with Crippen LogP contribution >= 0.6 is 23.4 Å². The minimum atomic E-state index is -0.916. The van der Waals surface area contributed by atoms with Crippen molar-refractivity contribution >= 4 is 40.2 Å². The Balaban J connectivity index is 1.41. The fourth-order valence-corrected chi connectivity index (χ4v) is 7.06. The van der Waals surface area contributed by atoms with Crippen LogP contribution in [0.25, 0.3) is 22.2 Å². The number of rotatable bonds is 9. The molecule has 5 aromatic rings. The summed E-state index contributed by atoms with van der Waals surface area (Å²) in [5.74, 6) is 0.0741. The minimum Gasteiger partial charge on any atom is -0.489 e. The molecule has 2 aromatic heterocycles. The van der Waals surface area contributed by atoms with E-state index in [2.05, 4.69) is 46.8 Å². The maximum Gasteiger partial charge on any atom is 0.309 e. The highest BCUT2D eigenvalue weighted by Gasteiger charge is 2.34. The zero-order valence-corrected chi connectivity index (χ0v) is 25.5. The van der Waals surface area contributed by atoms with Crippen LogP contribution in [0.15, 0.2) is 90.0 Å². The Bertz CT molecular complexity index is 1760. The fourth-order valence-electron chi connectivity index (χ4n) is 5.62. The summed E-state index contributed by atoms with van der Waals surface area (Å²) in [5.41, 5.74) is 6.60. The van der Waals surface area contributed by atoms with Gasteiger partial charge in [-0.15, -0.1) is 11.8 Å². The quantitative estimate of drug-likeness (QED) is 0.184. The average molecular weight is 597 g/mol. The summed E-state index contributed by atoms with van der Waals surface area (Å²) in [5, 5.41) is 12.2. The van der Waals surface area contributed by atoms with Crippen LogP contribution in [0.1, 0.15) is 43.2 Å². The lowest BCUT2D eigenvalue weighted by Gasteiger charge is -2.24. The monoisotopic (exact) mass is 596 g/mol. The van der Waals surface area contributed by atoms with Gasteiger partial charge in [0.15, 0.2) is 0 Å². The summed E-state index contributed by atoms with van der Waals surface area (Å²) >= 11 is 8.01. The Labute approximate surface area is 255 Å². The van der Waals surface area contributed by atoms with Crippen LogP contribution in [0.3, 0.4) is 0 Å². The summed E-state index contributed by atoms with van der Waals surface area (Å²) in [6, 6.07) is 26.3. The highest BCUT2D eigenvalue weighted by Crippen LogP contribution is 2.48. The van der Waals surface area contributed by atoms with E-state index in [-0.39, 0.29) is 0 Å². The molecule has 5 nitrogen and oxygen atoms in total. The molecular weight excluding hydrogens is 564 g/mol. The molecule has 1 N–H and O–H groups in total. The van der Waals surface area contributed by atoms with Gasteiger partial charge >= 0.3 is 5.97 Å². The third-order valence-corrected chi connectivity index (χ3v) is 9.39. The van der Waals surface area contributed by atoms with Crippen LogP contribution in [0.2, 0.25) is 5.02 Å². The first-order valence-corrected chi connectivity index (χ1v) is 15.4. The van der Waals surface area contributed by atoms with E-state index >= 15 is 0 Å². The summed E-state index contributed by atoms with van der Waals surface area (Å²) in [6.45, 7) is 6.90. The summed E-state index contributed by atoms with van der Waals surface area (Å²) in [4.78, 5) is 17.9. The maximum atomic E-state index is 12.2. The number of carboxylic acid groups (broad SMARTS) is 1. The molecule has 0 radical (unpaired) electrons. The first kappa shape index (κ1) is 28.4. The van der Waals surface area contributed by atoms with Gasteiger partial charge in [-0.2, -0.15) is 0 Å². The standard InChI is InChI=1S/C35H33ClN2O3S/c1-22-17-27-31(41-21-24-15-16-37-28(18-24)25-7-5-4-6-8-25)14-13-29-32(27)33(42-22)30(19-35(2,3)34(39)40)38(29)20-23-9-11-26(36)12-10-23/h4-16,18,22H,17,19-21H2,1-3H3,(H,39,40). The van der Waals surface area contributed by atoms with Crippen LogP contribution in [0, 0.1) is 5.41 Å². The van der Waals surface area contributed by atoms with E-state index in [0.29, 0.717) is 29.8 Å². The summed E-state index contributed by atoms with van der Waals surface area (Å²) in [7, 11) is 0. The van der Waals surface area contributed by atoms with Crippen LogP contribution in [0.4, 0.5) is 0 Å². The number of ether oxygens (including phenoxy) is 1. The molecule has 3 aromatic carbocycles. The van der Waals surface area contributed by atoms with Crippen LogP contribution in [-0.4, -0.2) is 25.9 Å². The SMILES string of the molecule is CC1Cc2c(OCc3ccnc(-c4ccccc4)c3)ccc3c2c(c(CC(C)(C)C(=O)O)n3Cc2ccc(Cl)cc2)S1. The van der Waals surface area contributed by atoms with Gasteiger partial charge in [-0.3, -0.25) is 9.78 Å². The Morgan fingerprint density at radius 3 is 2.57 bits per heavy atom. The van der Waals surface area contributed by atoms with E-state index in [9.17, 15) is 9.90 Å². The smallest absolute Gasteiger partial charge is 0.309 e. The van der Waals surface area contributed by atoms with Crippen molar-refractivity contribution in [2.45, 2.75) is 56.9 Å². The van der Waals surface area contributed by atoms with Gasteiger partial charge < -0.3 is 14.4 Å². The Kier molecular flexibility index (Phi) is 7.77. The van der Waals surface area contributed by atoms with Crippen molar-refractivity contribution in [2.75, 3.05) is 0 Å². The average Bonchev–Trinajstić information content (AvgIpc) is 3.26. The van der Waals surface area contributed by atoms with Crippen molar-refractivity contribution in [3.8, 4) is 17.0 Å². The molecule has 0 bridgehead atoms. The van der Waals surface area contributed by atoms with Crippen molar-refractivity contribution < 1.29 is 14.6 Å². The molecule has 1 unspecified atom stereocenters. The number of hydrogen-bond acceptors (Lipinski definition) is 4. The molecule has 1 aliphatic rings. The van der Waals surface area contributed by atoms with Gasteiger partial charge in [0.25, 0.3) is 0 Å². The first-order valence-electron chi connectivity index (χ1n) is 14.1. The Hall–Kier alpha value is -3.74. The lowest BCUT2D eigenvalue weighted by molar-refractivity contribution is -0.146. The molecule has 0 saturated heterocycles. The zero-order valence-electron chi connectivity index (χ0n) is 23.9. The van der Waals surface area contributed by atoms with Gasteiger partial charge in [0.1, 0.15) is 12.4 Å². The van der Waals surface area contributed by atoms with E-state index in [0.717, 1.165) is 45.8 Å². The third kappa shape index (κ3) is 5.66. The van der Waals surface area contributed by atoms with Gasteiger partial charge in [-0.05, 0) is 67.8 Å². The number of nitrogens with zero attached hydrogens (tertiary/aromatic N) is 2. The third-order valence-electron chi connectivity index (χ3n) is 7.89. The Morgan fingerprint density at radius 1 is 1.07 bits per heavy atom. The number of carbonyl (C=O) groups is 1. The van der Waals surface area contributed by atoms with E-state index in [4.69, 9.17) is 16.3 Å². The number of hydrogen-bond donors (Lipinski definition) is 1. The van der Waals surface area contributed by atoms with Crippen LogP contribution < -0.4 is 4.74 Å². The largest absolute Gasteiger partial charge is 0.489 e. The number of benzene rings is 3. The second kappa shape index (κ2) is 11.5. The molecule has 0 spiro atoms.